The van der Waals surface area contributed by atoms with Crippen molar-refractivity contribution in [1.29, 1.82) is 0 Å². The second-order valence-electron chi connectivity index (χ2n) is 4.41. The molecule has 6 heteroatoms. The van der Waals surface area contributed by atoms with Crippen molar-refractivity contribution in [2.24, 2.45) is 0 Å². The highest BCUT2D eigenvalue weighted by Gasteiger charge is 2.43. The lowest BCUT2D eigenvalue weighted by atomic mass is 9.99. The fourth-order valence-corrected chi connectivity index (χ4v) is 2.80. The molecule has 0 bridgehead atoms. The Bertz CT molecular complexity index is 365. The monoisotopic (exact) mass is 249 g/mol. The third kappa shape index (κ3) is 2.74. The van der Waals surface area contributed by atoms with Gasteiger partial charge in [0.05, 0.1) is 5.75 Å². The smallest absolute Gasteiger partial charge is 0.323 e. The number of aliphatic carboxylic acids is 1. The lowest BCUT2D eigenvalue weighted by Crippen LogP contribution is -2.49. The second-order valence-corrected chi connectivity index (χ2v) is 6.88. The fourth-order valence-electron chi connectivity index (χ4n) is 2.01. The fraction of sp³-hybridized carbons (Fsp3) is 0.900. The summed E-state index contributed by atoms with van der Waals surface area (Å²) in [6.45, 7) is 4.26. The molecule has 0 spiro atoms. The van der Waals surface area contributed by atoms with E-state index >= 15 is 0 Å². The van der Waals surface area contributed by atoms with E-state index in [0.717, 1.165) is 6.42 Å². The average Bonchev–Trinajstić information content (AvgIpc) is 2.59. The van der Waals surface area contributed by atoms with E-state index in [4.69, 9.17) is 5.11 Å². The standard InChI is InChI=1S/C10H19NO4S/c1-3-16(14,15)8-7-11-6-4-5-10(11,2)9(12)13/h3-8H2,1-2H3,(H,12,13). The molecule has 1 unspecified atom stereocenters. The summed E-state index contributed by atoms with van der Waals surface area (Å²) < 4.78 is 22.7. The molecule has 1 rings (SSSR count). The van der Waals surface area contributed by atoms with Crippen LogP contribution in [0.4, 0.5) is 0 Å². The number of hydrogen-bond donors (Lipinski definition) is 1. The van der Waals surface area contributed by atoms with Gasteiger partial charge >= 0.3 is 5.97 Å². The third-order valence-electron chi connectivity index (χ3n) is 3.36. The Labute approximate surface area is 96.4 Å². The molecule has 0 amide bonds. The van der Waals surface area contributed by atoms with Crippen molar-refractivity contribution < 1.29 is 18.3 Å². The number of sulfone groups is 1. The Hall–Kier alpha value is -0.620. The van der Waals surface area contributed by atoms with Crippen LogP contribution in [0.15, 0.2) is 0 Å². The first-order valence-corrected chi connectivity index (χ1v) is 7.33. The first-order chi connectivity index (χ1) is 7.32. The van der Waals surface area contributed by atoms with Gasteiger partial charge in [-0.15, -0.1) is 0 Å². The van der Waals surface area contributed by atoms with Crippen LogP contribution in [0.2, 0.25) is 0 Å². The van der Waals surface area contributed by atoms with E-state index in [2.05, 4.69) is 0 Å². The highest BCUT2D eigenvalue weighted by Crippen LogP contribution is 2.28. The van der Waals surface area contributed by atoms with Gasteiger partial charge in [-0.3, -0.25) is 9.69 Å². The lowest BCUT2D eigenvalue weighted by molar-refractivity contribution is -0.148. The van der Waals surface area contributed by atoms with Gasteiger partial charge in [0.1, 0.15) is 5.54 Å². The molecule has 1 N–H and O–H groups in total. The first kappa shape index (κ1) is 13.4. The maximum atomic E-state index is 11.4. The van der Waals surface area contributed by atoms with Crippen molar-refractivity contribution >= 4 is 15.8 Å². The van der Waals surface area contributed by atoms with Gasteiger partial charge in [0.15, 0.2) is 9.84 Å². The highest BCUT2D eigenvalue weighted by atomic mass is 32.2. The van der Waals surface area contributed by atoms with E-state index in [1.165, 1.54) is 0 Å². The molecule has 1 saturated heterocycles. The minimum absolute atomic E-state index is 0.0480. The maximum absolute atomic E-state index is 11.4. The predicted octanol–water partition coefficient (Wildman–Crippen LogP) is 0.360. The van der Waals surface area contributed by atoms with Crippen molar-refractivity contribution in [2.75, 3.05) is 24.6 Å². The molecule has 0 aromatic carbocycles. The summed E-state index contributed by atoms with van der Waals surface area (Å²) in [5, 5.41) is 9.14. The number of hydrogen-bond acceptors (Lipinski definition) is 4. The van der Waals surface area contributed by atoms with E-state index in [1.807, 2.05) is 0 Å². The van der Waals surface area contributed by atoms with Crippen LogP contribution in [0.3, 0.4) is 0 Å². The van der Waals surface area contributed by atoms with Crippen molar-refractivity contribution in [2.45, 2.75) is 32.2 Å². The van der Waals surface area contributed by atoms with Gasteiger partial charge in [-0.25, -0.2) is 8.42 Å². The average molecular weight is 249 g/mol. The highest BCUT2D eigenvalue weighted by molar-refractivity contribution is 7.91. The largest absolute Gasteiger partial charge is 0.480 e. The van der Waals surface area contributed by atoms with E-state index in [9.17, 15) is 13.2 Å². The minimum atomic E-state index is -3.02. The van der Waals surface area contributed by atoms with Crippen LogP contribution in [0.5, 0.6) is 0 Å². The van der Waals surface area contributed by atoms with Gasteiger partial charge in [-0.2, -0.15) is 0 Å². The molecular formula is C10H19NO4S. The van der Waals surface area contributed by atoms with Gasteiger partial charge in [-0.1, -0.05) is 6.92 Å². The van der Waals surface area contributed by atoms with Crippen LogP contribution in [0.25, 0.3) is 0 Å². The molecule has 1 aliphatic heterocycles. The van der Waals surface area contributed by atoms with E-state index < -0.39 is 21.3 Å². The molecule has 5 nitrogen and oxygen atoms in total. The molecule has 16 heavy (non-hydrogen) atoms. The third-order valence-corrected chi connectivity index (χ3v) is 5.05. The van der Waals surface area contributed by atoms with E-state index in [1.54, 1.807) is 18.7 Å². The molecule has 1 atom stereocenters. The van der Waals surface area contributed by atoms with Gasteiger partial charge < -0.3 is 5.11 Å². The topological polar surface area (TPSA) is 74.7 Å². The molecule has 1 fully saturated rings. The van der Waals surface area contributed by atoms with Crippen LogP contribution in [0.1, 0.15) is 26.7 Å². The maximum Gasteiger partial charge on any atom is 0.323 e. The van der Waals surface area contributed by atoms with E-state index in [0.29, 0.717) is 19.5 Å². The summed E-state index contributed by atoms with van der Waals surface area (Å²) in [5.74, 6) is -0.698. The van der Waals surface area contributed by atoms with Crippen LogP contribution < -0.4 is 0 Å². The number of carbonyl (C=O) groups is 1. The molecule has 1 aliphatic rings. The Morgan fingerprint density at radius 1 is 1.50 bits per heavy atom. The van der Waals surface area contributed by atoms with Crippen LogP contribution in [0, 0.1) is 0 Å². The number of nitrogens with zero attached hydrogens (tertiary/aromatic N) is 1. The summed E-state index contributed by atoms with van der Waals surface area (Å²) >= 11 is 0. The van der Waals surface area contributed by atoms with Crippen molar-refractivity contribution in [3.63, 3.8) is 0 Å². The Morgan fingerprint density at radius 2 is 2.12 bits per heavy atom. The number of rotatable bonds is 5. The minimum Gasteiger partial charge on any atom is -0.480 e. The van der Waals surface area contributed by atoms with Crippen molar-refractivity contribution in [3.05, 3.63) is 0 Å². The Morgan fingerprint density at radius 3 is 2.62 bits per heavy atom. The summed E-state index contributed by atoms with van der Waals surface area (Å²) in [7, 11) is -3.02. The molecule has 0 aliphatic carbocycles. The predicted molar refractivity (Wildman–Crippen MR) is 61.2 cm³/mol. The van der Waals surface area contributed by atoms with Crippen molar-refractivity contribution in [1.82, 2.24) is 4.90 Å². The molecule has 0 saturated carbocycles. The summed E-state index contributed by atoms with van der Waals surface area (Å²) in [6.07, 6.45) is 1.41. The van der Waals surface area contributed by atoms with Crippen LogP contribution in [-0.2, 0) is 14.6 Å². The molecule has 94 valence electrons. The quantitative estimate of drug-likeness (QED) is 0.761. The van der Waals surface area contributed by atoms with Gasteiger partial charge in [0, 0.05) is 12.3 Å². The SMILES string of the molecule is CCS(=O)(=O)CCN1CCCC1(C)C(=O)O. The molecule has 0 aromatic rings. The molecule has 0 radical (unpaired) electrons. The summed E-state index contributed by atoms with van der Waals surface area (Å²) in [4.78, 5) is 12.9. The lowest BCUT2D eigenvalue weighted by Gasteiger charge is -2.30. The normalized spacial score (nSPS) is 27.1. The summed E-state index contributed by atoms with van der Waals surface area (Å²) in [5.41, 5.74) is -0.886. The van der Waals surface area contributed by atoms with Crippen molar-refractivity contribution in [3.8, 4) is 0 Å². The summed E-state index contributed by atoms with van der Waals surface area (Å²) in [6, 6.07) is 0. The number of likely N-dealkylation sites (tertiary alicyclic amines) is 1. The molecule has 0 aromatic heterocycles. The second kappa shape index (κ2) is 4.71. The van der Waals surface area contributed by atoms with Gasteiger partial charge in [0.2, 0.25) is 0 Å². The van der Waals surface area contributed by atoms with Gasteiger partial charge in [0.25, 0.3) is 0 Å². The Kier molecular flexibility index (Phi) is 3.96. The number of carboxylic acids is 1. The molecule has 1 heterocycles. The zero-order chi connectivity index (χ0) is 12.4. The zero-order valence-corrected chi connectivity index (χ0v) is 10.6. The van der Waals surface area contributed by atoms with E-state index in [-0.39, 0.29) is 11.5 Å². The Balaban J connectivity index is 2.65. The zero-order valence-electron chi connectivity index (χ0n) is 9.77. The van der Waals surface area contributed by atoms with Crippen LogP contribution >= 0.6 is 0 Å². The van der Waals surface area contributed by atoms with Crippen LogP contribution in [-0.4, -0.2) is 54.5 Å². The van der Waals surface area contributed by atoms with Gasteiger partial charge in [-0.05, 0) is 26.3 Å². The first-order valence-electron chi connectivity index (χ1n) is 5.51. The molecular weight excluding hydrogens is 230 g/mol. The number of carboxylic acid groups (broad SMARTS) is 1.